The van der Waals surface area contributed by atoms with Gasteiger partial charge in [-0.1, -0.05) is 200 Å². The highest BCUT2D eigenvalue weighted by Crippen LogP contribution is 2.45. The van der Waals surface area contributed by atoms with Gasteiger partial charge in [0.15, 0.2) is 5.58 Å². The average molecular weight is 955 g/mol. The summed E-state index contributed by atoms with van der Waals surface area (Å²) in [7, 11) is 0. The van der Waals surface area contributed by atoms with E-state index < -0.39 is 0 Å². The second-order valence-electron chi connectivity index (χ2n) is 19.6. The van der Waals surface area contributed by atoms with Gasteiger partial charge >= 0.3 is 0 Å². The Morgan fingerprint density at radius 3 is 1.20 bits per heavy atom. The minimum absolute atomic E-state index is 0.854. The Kier molecular flexibility index (Phi) is 9.89. The van der Waals surface area contributed by atoms with Gasteiger partial charge in [-0.3, -0.25) is 0 Å². The van der Waals surface area contributed by atoms with E-state index >= 15 is 0 Å². The van der Waals surface area contributed by atoms with Crippen LogP contribution in [0.1, 0.15) is 0 Å². The van der Waals surface area contributed by atoms with Crippen molar-refractivity contribution >= 4 is 93.1 Å². The fourth-order valence-corrected chi connectivity index (χ4v) is 11.8. The number of hydrogen-bond acceptors (Lipinski definition) is 2. The average Bonchev–Trinajstić information content (AvgIpc) is 4.05. The molecule has 0 unspecified atom stereocenters. The number of hydrogen-bond donors (Lipinski definition) is 0. The summed E-state index contributed by atoms with van der Waals surface area (Å²) >= 11 is 0. The van der Waals surface area contributed by atoms with Crippen LogP contribution in [0.2, 0.25) is 0 Å². The van der Waals surface area contributed by atoms with Crippen molar-refractivity contribution in [3.8, 4) is 50.2 Å². The van der Waals surface area contributed by atoms with Crippen LogP contribution in [0, 0.1) is 0 Å². The van der Waals surface area contributed by atoms with Gasteiger partial charge in [0.2, 0.25) is 0 Å². The van der Waals surface area contributed by atoms with Crippen molar-refractivity contribution in [3.63, 3.8) is 0 Å². The molecule has 15 aromatic rings. The molecule has 0 amide bonds. The standard InChI is InChI=1S/C72H46N2O/c1-3-14-47(15-4-1)48-26-28-49(29-27-48)53-35-42-68-66(45-53)67-46-54(36-43-69(67)74(68)55-16-5-2-6-17-55)51-32-39-57(40-33-51)73(70-24-13-23-64-63-22-11-12-25-71(63)75-72(64)70)56-37-30-50(31-38-56)52-34-41-62-60-20-8-7-18-58(60)59-19-9-10-21-61(59)65(62)44-52/h1-46H. The van der Waals surface area contributed by atoms with Crippen LogP contribution >= 0.6 is 0 Å². The first kappa shape index (κ1) is 42.7. The largest absolute Gasteiger partial charge is 0.454 e. The molecule has 350 valence electrons. The fourth-order valence-electron chi connectivity index (χ4n) is 11.8. The first-order valence-corrected chi connectivity index (χ1v) is 25.7. The molecule has 0 aliphatic rings. The number of benzene rings is 13. The molecular weight excluding hydrogens is 909 g/mol. The molecule has 75 heavy (non-hydrogen) atoms. The first-order valence-electron chi connectivity index (χ1n) is 25.7. The molecule has 13 aromatic carbocycles. The highest BCUT2D eigenvalue weighted by atomic mass is 16.3. The molecule has 0 fully saturated rings. The van der Waals surface area contributed by atoms with Crippen LogP contribution in [0.5, 0.6) is 0 Å². The highest BCUT2D eigenvalue weighted by Gasteiger charge is 2.21. The van der Waals surface area contributed by atoms with Gasteiger partial charge in [-0.2, -0.15) is 0 Å². The summed E-state index contributed by atoms with van der Waals surface area (Å²) in [5.41, 5.74) is 17.7. The smallest absolute Gasteiger partial charge is 0.159 e. The third-order valence-corrected chi connectivity index (χ3v) is 15.4. The summed E-state index contributed by atoms with van der Waals surface area (Å²) in [5.74, 6) is 0. The minimum atomic E-state index is 0.854. The van der Waals surface area contributed by atoms with Crippen LogP contribution in [0.4, 0.5) is 17.1 Å². The van der Waals surface area contributed by atoms with E-state index in [1.165, 1.54) is 81.9 Å². The van der Waals surface area contributed by atoms with E-state index in [1.807, 2.05) is 6.07 Å². The van der Waals surface area contributed by atoms with Gasteiger partial charge in [0.05, 0.1) is 16.7 Å². The summed E-state index contributed by atoms with van der Waals surface area (Å²) in [4.78, 5) is 2.34. The Balaban J connectivity index is 0.830. The van der Waals surface area contributed by atoms with Crippen LogP contribution in [0.3, 0.4) is 0 Å². The molecule has 0 atom stereocenters. The Labute approximate surface area is 434 Å². The van der Waals surface area contributed by atoms with Crippen LogP contribution in [-0.4, -0.2) is 4.57 Å². The van der Waals surface area contributed by atoms with Crippen LogP contribution in [-0.2, 0) is 0 Å². The molecule has 0 saturated heterocycles. The third kappa shape index (κ3) is 7.12. The molecule has 3 heteroatoms. The maximum atomic E-state index is 6.73. The predicted octanol–water partition coefficient (Wildman–Crippen LogP) is 20.3. The molecule has 0 saturated carbocycles. The zero-order chi connectivity index (χ0) is 49.4. The molecule has 0 spiro atoms. The van der Waals surface area contributed by atoms with E-state index in [0.29, 0.717) is 0 Å². The number of rotatable bonds is 8. The maximum Gasteiger partial charge on any atom is 0.159 e. The second kappa shape index (κ2) is 17.4. The lowest BCUT2D eigenvalue weighted by molar-refractivity contribution is 0.669. The van der Waals surface area contributed by atoms with Crippen molar-refractivity contribution < 1.29 is 4.42 Å². The lowest BCUT2D eigenvalue weighted by Gasteiger charge is -2.26. The van der Waals surface area contributed by atoms with Gasteiger partial charge in [-0.15, -0.1) is 0 Å². The van der Waals surface area contributed by atoms with Crippen LogP contribution < -0.4 is 4.90 Å². The number of fused-ring (bicyclic) bond motifs is 12. The molecular formula is C72H46N2O. The highest BCUT2D eigenvalue weighted by molar-refractivity contribution is 6.26. The van der Waals surface area contributed by atoms with Crippen molar-refractivity contribution in [2.75, 3.05) is 4.90 Å². The molecule has 2 heterocycles. The summed E-state index contributed by atoms with van der Waals surface area (Å²) in [5, 5.41) is 12.3. The zero-order valence-electron chi connectivity index (χ0n) is 40.9. The van der Waals surface area contributed by atoms with Crippen molar-refractivity contribution in [1.82, 2.24) is 4.57 Å². The zero-order valence-corrected chi connectivity index (χ0v) is 40.9. The molecule has 15 rings (SSSR count). The summed E-state index contributed by atoms with van der Waals surface area (Å²) in [6.45, 7) is 0. The number of para-hydroxylation sites is 3. The van der Waals surface area contributed by atoms with Crippen molar-refractivity contribution in [3.05, 3.63) is 279 Å². The van der Waals surface area contributed by atoms with Gasteiger partial charge in [-0.05, 0) is 156 Å². The topological polar surface area (TPSA) is 21.3 Å². The monoisotopic (exact) mass is 954 g/mol. The van der Waals surface area contributed by atoms with Gasteiger partial charge < -0.3 is 13.9 Å². The maximum absolute atomic E-state index is 6.73. The van der Waals surface area contributed by atoms with Gasteiger partial charge in [0, 0.05) is 38.6 Å². The molecule has 0 radical (unpaired) electrons. The van der Waals surface area contributed by atoms with E-state index in [2.05, 4.69) is 282 Å². The third-order valence-electron chi connectivity index (χ3n) is 15.4. The molecule has 0 bridgehead atoms. The Hall–Kier alpha value is -9.96. The van der Waals surface area contributed by atoms with Crippen LogP contribution in [0.25, 0.3) is 126 Å². The Morgan fingerprint density at radius 1 is 0.253 bits per heavy atom. The summed E-state index contributed by atoms with van der Waals surface area (Å²) < 4.78 is 9.12. The quantitative estimate of drug-likeness (QED) is 0.142. The van der Waals surface area contributed by atoms with E-state index in [-0.39, 0.29) is 0 Å². The second-order valence-corrected chi connectivity index (χ2v) is 19.6. The van der Waals surface area contributed by atoms with Crippen LogP contribution in [0.15, 0.2) is 283 Å². The van der Waals surface area contributed by atoms with E-state index in [0.717, 1.165) is 61.4 Å². The van der Waals surface area contributed by atoms with E-state index in [1.54, 1.807) is 0 Å². The summed E-state index contributed by atoms with van der Waals surface area (Å²) in [6, 6.07) is 101. The Bertz CT molecular complexity index is 4630. The molecule has 2 aromatic heterocycles. The molecule has 0 aliphatic carbocycles. The van der Waals surface area contributed by atoms with Gasteiger partial charge in [-0.25, -0.2) is 0 Å². The fraction of sp³-hybridized carbons (Fsp3) is 0. The lowest BCUT2D eigenvalue weighted by Crippen LogP contribution is -2.10. The number of furan rings is 1. The molecule has 0 aliphatic heterocycles. The normalized spacial score (nSPS) is 11.7. The van der Waals surface area contributed by atoms with Crippen molar-refractivity contribution in [1.29, 1.82) is 0 Å². The number of anilines is 3. The van der Waals surface area contributed by atoms with Crippen molar-refractivity contribution in [2.24, 2.45) is 0 Å². The Morgan fingerprint density at radius 2 is 0.640 bits per heavy atom. The minimum Gasteiger partial charge on any atom is -0.454 e. The number of nitrogens with zero attached hydrogens (tertiary/aromatic N) is 2. The lowest BCUT2D eigenvalue weighted by atomic mass is 9.92. The molecule has 3 nitrogen and oxygen atoms in total. The van der Waals surface area contributed by atoms with Gasteiger partial charge in [0.1, 0.15) is 5.58 Å². The van der Waals surface area contributed by atoms with Crippen molar-refractivity contribution in [2.45, 2.75) is 0 Å². The first-order chi connectivity index (χ1) is 37.2. The van der Waals surface area contributed by atoms with E-state index in [4.69, 9.17) is 4.42 Å². The molecule has 0 N–H and O–H groups in total. The van der Waals surface area contributed by atoms with E-state index in [9.17, 15) is 0 Å². The van der Waals surface area contributed by atoms with Gasteiger partial charge in [0.25, 0.3) is 0 Å². The predicted molar refractivity (Wildman–Crippen MR) is 317 cm³/mol. The summed E-state index contributed by atoms with van der Waals surface area (Å²) in [6.07, 6.45) is 0. The SMILES string of the molecule is c1ccc(-c2ccc(-c3ccc4c(c3)c3cc(-c5ccc(N(c6ccc(-c7ccc8c9ccccc9c9ccccc9c8c7)cc6)c6cccc7c6oc6ccccc67)cc5)ccc3n4-c3ccccc3)cc2)cc1. The number of aromatic nitrogens is 1.